The SMILES string of the molecule is C=CCOc1ccccc1C(=O)N1CC(CN)CC1C.Cl. The molecule has 1 aromatic carbocycles. The first-order valence-corrected chi connectivity index (χ1v) is 7.01. The molecule has 1 aliphatic rings. The van der Waals surface area contributed by atoms with E-state index >= 15 is 0 Å². The van der Waals surface area contributed by atoms with Crippen molar-refractivity contribution in [3.63, 3.8) is 0 Å². The van der Waals surface area contributed by atoms with Gasteiger partial charge in [-0.2, -0.15) is 0 Å². The summed E-state index contributed by atoms with van der Waals surface area (Å²) in [4.78, 5) is 14.6. The number of hydrogen-bond acceptors (Lipinski definition) is 3. The molecule has 1 aliphatic heterocycles. The molecule has 1 amide bonds. The van der Waals surface area contributed by atoms with Gasteiger partial charge in [-0.05, 0) is 37.9 Å². The molecule has 1 fully saturated rings. The minimum atomic E-state index is 0. The van der Waals surface area contributed by atoms with Crippen molar-refractivity contribution in [2.24, 2.45) is 11.7 Å². The van der Waals surface area contributed by atoms with E-state index in [1.54, 1.807) is 6.08 Å². The molecule has 2 N–H and O–H groups in total. The Bertz CT molecular complexity index is 493. The zero-order valence-corrected chi connectivity index (χ0v) is 13.1. The predicted octanol–water partition coefficient (Wildman–Crippen LogP) is 2.48. The van der Waals surface area contributed by atoms with Crippen LogP contribution in [0.5, 0.6) is 5.75 Å². The maximum Gasteiger partial charge on any atom is 0.257 e. The standard InChI is InChI=1S/C16H22N2O2.ClH/c1-3-8-20-15-7-5-4-6-14(15)16(19)18-11-13(10-17)9-12(18)2;/h3-7,12-13H,1,8-11,17H2,2H3;1H. The zero-order valence-electron chi connectivity index (χ0n) is 12.3. The number of nitrogens with two attached hydrogens (primary N) is 1. The Labute approximate surface area is 132 Å². The summed E-state index contributed by atoms with van der Waals surface area (Å²) in [6.07, 6.45) is 2.64. The number of amides is 1. The maximum atomic E-state index is 12.7. The van der Waals surface area contributed by atoms with Crippen LogP contribution in [0.1, 0.15) is 23.7 Å². The van der Waals surface area contributed by atoms with Crippen LogP contribution >= 0.6 is 12.4 Å². The van der Waals surface area contributed by atoms with Crippen LogP contribution in [0.15, 0.2) is 36.9 Å². The number of halogens is 1. The van der Waals surface area contributed by atoms with Crippen molar-refractivity contribution in [2.75, 3.05) is 19.7 Å². The fraction of sp³-hybridized carbons (Fsp3) is 0.438. The first-order valence-electron chi connectivity index (χ1n) is 7.01. The molecule has 116 valence electrons. The van der Waals surface area contributed by atoms with Crippen molar-refractivity contribution in [3.8, 4) is 5.75 Å². The van der Waals surface area contributed by atoms with Gasteiger partial charge in [-0.3, -0.25) is 4.79 Å². The topological polar surface area (TPSA) is 55.6 Å². The monoisotopic (exact) mass is 310 g/mol. The van der Waals surface area contributed by atoms with Crippen molar-refractivity contribution in [1.29, 1.82) is 0 Å². The summed E-state index contributed by atoms with van der Waals surface area (Å²) < 4.78 is 5.57. The Hall–Kier alpha value is -1.52. The average Bonchev–Trinajstić information content (AvgIpc) is 2.86. The molecule has 0 bridgehead atoms. The molecule has 4 nitrogen and oxygen atoms in total. The molecule has 0 spiro atoms. The summed E-state index contributed by atoms with van der Waals surface area (Å²) >= 11 is 0. The summed E-state index contributed by atoms with van der Waals surface area (Å²) in [5.41, 5.74) is 6.33. The minimum Gasteiger partial charge on any atom is -0.489 e. The number of ether oxygens (including phenoxy) is 1. The van der Waals surface area contributed by atoms with E-state index in [0.29, 0.717) is 30.4 Å². The molecule has 0 aliphatic carbocycles. The van der Waals surface area contributed by atoms with Crippen LogP contribution in [0.2, 0.25) is 0 Å². The highest BCUT2D eigenvalue weighted by molar-refractivity contribution is 5.97. The van der Waals surface area contributed by atoms with Crippen LogP contribution in [-0.4, -0.2) is 36.5 Å². The van der Waals surface area contributed by atoms with Gasteiger partial charge in [0.2, 0.25) is 0 Å². The molecule has 1 heterocycles. The second-order valence-electron chi connectivity index (χ2n) is 5.24. The zero-order chi connectivity index (χ0) is 14.5. The highest BCUT2D eigenvalue weighted by atomic mass is 35.5. The largest absolute Gasteiger partial charge is 0.489 e. The van der Waals surface area contributed by atoms with E-state index in [1.165, 1.54) is 0 Å². The van der Waals surface area contributed by atoms with Gasteiger partial charge in [0.05, 0.1) is 5.56 Å². The van der Waals surface area contributed by atoms with Gasteiger partial charge in [-0.1, -0.05) is 24.8 Å². The summed E-state index contributed by atoms with van der Waals surface area (Å²) in [5.74, 6) is 1.03. The molecular formula is C16H23ClN2O2. The fourth-order valence-corrected chi connectivity index (χ4v) is 2.67. The summed E-state index contributed by atoms with van der Waals surface area (Å²) in [6.45, 7) is 7.45. The second kappa shape index (κ2) is 8.05. The van der Waals surface area contributed by atoms with E-state index in [0.717, 1.165) is 13.0 Å². The van der Waals surface area contributed by atoms with E-state index in [9.17, 15) is 4.79 Å². The van der Waals surface area contributed by atoms with Crippen LogP contribution in [0.4, 0.5) is 0 Å². The highest BCUT2D eigenvalue weighted by Gasteiger charge is 2.33. The molecule has 0 aromatic heterocycles. The van der Waals surface area contributed by atoms with Crippen molar-refractivity contribution in [2.45, 2.75) is 19.4 Å². The number of hydrogen-bond donors (Lipinski definition) is 1. The number of nitrogens with zero attached hydrogens (tertiary/aromatic N) is 1. The molecule has 1 saturated heterocycles. The Morgan fingerprint density at radius 1 is 1.52 bits per heavy atom. The fourth-order valence-electron chi connectivity index (χ4n) is 2.67. The molecule has 5 heteroatoms. The number of carbonyl (C=O) groups excluding carboxylic acids is 1. The van der Waals surface area contributed by atoms with Crippen molar-refractivity contribution in [3.05, 3.63) is 42.5 Å². The van der Waals surface area contributed by atoms with E-state index in [4.69, 9.17) is 10.5 Å². The van der Waals surface area contributed by atoms with Crippen molar-refractivity contribution in [1.82, 2.24) is 4.90 Å². The predicted molar refractivity (Wildman–Crippen MR) is 87.0 cm³/mol. The van der Waals surface area contributed by atoms with Gasteiger partial charge in [-0.15, -0.1) is 12.4 Å². The molecular weight excluding hydrogens is 288 g/mol. The van der Waals surface area contributed by atoms with Crippen LogP contribution in [0.3, 0.4) is 0 Å². The maximum absolute atomic E-state index is 12.7. The second-order valence-corrected chi connectivity index (χ2v) is 5.24. The lowest BCUT2D eigenvalue weighted by Gasteiger charge is -2.22. The number of rotatable bonds is 5. The van der Waals surface area contributed by atoms with Crippen LogP contribution in [-0.2, 0) is 0 Å². The summed E-state index contributed by atoms with van der Waals surface area (Å²) in [7, 11) is 0. The lowest BCUT2D eigenvalue weighted by molar-refractivity contribution is 0.0739. The number of likely N-dealkylation sites (tertiary alicyclic amines) is 1. The van der Waals surface area contributed by atoms with Gasteiger partial charge in [0, 0.05) is 12.6 Å². The van der Waals surface area contributed by atoms with Gasteiger partial charge in [0.25, 0.3) is 5.91 Å². The van der Waals surface area contributed by atoms with E-state index in [-0.39, 0.29) is 24.4 Å². The summed E-state index contributed by atoms with van der Waals surface area (Å²) in [5, 5.41) is 0. The van der Waals surface area contributed by atoms with Crippen LogP contribution in [0, 0.1) is 5.92 Å². The quantitative estimate of drug-likeness (QED) is 0.850. The van der Waals surface area contributed by atoms with Gasteiger partial charge >= 0.3 is 0 Å². The molecule has 21 heavy (non-hydrogen) atoms. The van der Waals surface area contributed by atoms with Gasteiger partial charge in [0.15, 0.2) is 0 Å². The molecule has 2 rings (SSSR count). The van der Waals surface area contributed by atoms with Crippen LogP contribution in [0.25, 0.3) is 0 Å². The lowest BCUT2D eigenvalue weighted by Crippen LogP contribution is -2.34. The van der Waals surface area contributed by atoms with Gasteiger partial charge < -0.3 is 15.4 Å². The molecule has 2 unspecified atom stereocenters. The van der Waals surface area contributed by atoms with E-state index in [2.05, 4.69) is 13.5 Å². The minimum absolute atomic E-state index is 0. The van der Waals surface area contributed by atoms with Gasteiger partial charge in [0.1, 0.15) is 12.4 Å². The first-order chi connectivity index (χ1) is 9.67. The Morgan fingerprint density at radius 3 is 2.86 bits per heavy atom. The lowest BCUT2D eigenvalue weighted by atomic mass is 10.1. The van der Waals surface area contributed by atoms with Crippen molar-refractivity contribution < 1.29 is 9.53 Å². The van der Waals surface area contributed by atoms with Crippen LogP contribution < -0.4 is 10.5 Å². The molecule has 0 saturated carbocycles. The average molecular weight is 311 g/mol. The van der Waals surface area contributed by atoms with Crippen molar-refractivity contribution >= 4 is 18.3 Å². The van der Waals surface area contributed by atoms with Gasteiger partial charge in [-0.25, -0.2) is 0 Å². The Kier molecular flexibility index (Phi) is 6.72. The normalized spacial score (nSPS) is 20.8. The van der Waals surface area contributed by atoms with E-state index < -0.39 is 0 Å². The number of benzene rings is 1. The first kappa shape index (κ1) is 17.5. The Morgan fingerprint density at radius 2 is 2.24 bits per heavy atom. The third-order valence-electron chi connectivity index (χ3n) is 3.73. The van der Waals surface area contributed by atoms with E-state index in [1.807, 2.05) is 29.2 Å². The Balaban J connectivity index is 0.00000220. The third-order valence-corrected chi connectivity index (χ3v) is 3.73. The molecule has 2 atom stereocenters. The molecule has 0 radical (unpaired) electrons. The molecule has 1 aromatic rings. The number of carbonyl (C=O) groups is 1. The number of para-hydroxylation sites is 1. The third kappa shape index (κ3) is 3.99. The smallest absolute Gasteiger partial charge is 0.257 e. The highest BCUT2D eigenvalue weighted by Crippen LogP contribution is 2.27. The summed E-state index contributed by atoms with van der Waals surface area (Å²) in [6, 6.07) is 7.57.